The van der Waals surface area contributed by atoms with Crippen LogP contribution in [-0.2, 0) is 9.59 Å². The second kappa shape index (κ2) is 11.1. The molecule has 8 nitrogen and oxygen atoms in total. The fourth-order valence-corrected chi connectivity index (χ4v) is 6.53. The Labute approximate surface area is 231 Å². The molecule has 0 spiro atoms. The van der Waals surface area contributed by atoms with E-state index in [4.69, 9.17) is 4.98 Å². The van der Waals surface area contributed by atoms with Gasteiger partial charge in [0.1, 0.15) is 0 Å². The molecule has 39 heavy (non-hydrogen) atoms. The monoisotopic (exact) mass is 541 g/mol. The average molecular weight is 542 g/mol. The highest BCUT2D eigenvalue weighted by Crippen LogP contribution is 2.40. The third-order valence-electron chi connectivity index (χ3n) is 7.71. The topological polar surface area (TPSA) is 101 Å². The van der Waals surface area contributed by atoms with Crippen molar-refractivity contribution < 1.29 is 14.7 Å². The molecule has 0 saturated heterocycles. The number of rotatable bonds is 10. The molecule has 2 aliphatic carbocycles. The van der Waals surface area contributed by atoms with E-state index in [2.05, 4.69) is 10.1 Å². The van der Waals surface area contributed by atoms with Crippen molar-refractivity contribution in [2.75, 3.05) is 4.90 Å². The van der Waals surface area contributed by atoms with Gasteiger partial charge in [-0.3, -0.25) is 14.5 Å². The van der Waals surface area contributed by atoms with E-state index >= 15 is 0 Å². The van der Waals surface area contributed by atoms with Gasteiger partial charge in [-0.2, -0.15) is 5.10 Å². The molecule has 4 aromatic rings. The molecule has 2 saturated carbocycles. The van der Waals surface area contributed by atoms with Crippen molar-refractivity contribution in [3.63, 3.8) is 0 Å². The van der Waals surface area contributed by atoms with Gasteiger partial charge in [-0.25, -0.2) is 14.6 Å². The number of carboxylic acids is 1. The molecule has 3 heterocycles. The van der Waals surface area contributed by atoms with Gasteiger partial charge in [0, 0.05) is 47.1 Å². The summed E-state index contributed by atoms with van der Waals surface area (Å²) in [4.78, 5) is 36.8. The predicted octanol–water partition coefficient (Wildman–Crippen LogP) is 6.22. The van der Waals surface area contributed by atoms with Crippen LogP contribution in [0.3, 0.4) is 0 Å². The molecular weight excluding hydrogens is 510 g/mol. The van der Waals surface area contributed by atoms with Crippen LogP contribution in [0.25, 0.3) is 28.2 Å². The van der Waals surface area contributed by atoms with Gasteiger partial charge in [-0.15, -0.1) is 11.3 Å². The van der Waals surface area contributed by atoms with Crippen LogP contribution in [0.2, 0.25) is 0 Å². The van der Waals surface area contributed by atoms with Crippen LogP contribution in [0.1, 0.15) is 51.4 Å². The normalized spacial score (nSPS) is 16.3. The highest BCUT2D eigenvalue weighted by atomic mass is 32.1. The first-order valence-corrected chi connectivity index (χ1v) is 14.5. The van der Waals surface area contributed by atoms with Crippen molar-refractivity contribution in [3.05, 3.63) is 66.4 Å². The maximum atomic E-state index is 13.8. The molecular formula is C30H31N5O3S. The highest BCUT2D eigenvalue weighted by molar-refractivity contribution is 7.14. The standard InChI is InChI=1S/C30H31N5O3S/c36-28(37)17-22(16-20-6-1-2-7-20)29(38)35(23-11-12-23)30-33-26(19-39-30)25-9-4-3-8-24(25)21-10-13-27(31-18-21)34-15-5-14-32-34/h3-5,8-10,13-15,18-20,22-23H,1-2,6-7,11-12,16-17H2,(H,36,37)/t22-/m1/s1. The van der Waals surface area contributed by atoms with E-state index in [-0.39, 0.29) is 18.4 Å². The summed E-state index contributed by atoms with van der Waals surface area (Å²) in [5, 5.41) is 16.5. The number of carbonyl (C=O) groups excluding carboxylic acids is 1. The molecule has 0 bridgehead atoms. The zero-order chi connectivity index (χ0) is 26.8. The van der Waals surface area contributed by atoms with Crippen LogP contribution >= 0.6 is 11.3 Å². The van der Waals surface area contributed by atoms with Gasteiger partial charge in [-0.1, -0.05) is 49.9 Å². The van der Waals surface area contributed by atoms with E-state index in [1.165, 1.54) is 24.2 Å². The third-order valence-corrected chi connectivity index (χ3v) is 8.55. The lowest BCUT2D eigenvalue weighted by Gasteiger charge is -2.26. The van der Waals surface area contributed by atoms with E-state index < -0.39 is 11.9 Å². The first-order chi connectivity index (χ1) is 19.1. The lowest BCUT2D eigenvalue weighted by Crippen LogP contribution is -2.39. The van der Waals surface area contributed by atoms with Crippen LogP contribution in [0.5, 0.6) is 0 Å². The molecule has 0 unspecified atom stereocenters. The van der Waals surface area contributed by atoms with E-state index in [1.807, 2.05) is 60.2 Å². The summed E-state index contributed by atoms with van der Waals surface area (Å²) in [6, 6.07) is 14.0. The first kappa shape index (κ1) is 25.4. The van der Waals surface area contributed by atoms with Crippen molar-refractivity contribution in [2.45, 2.75) is 57.4 Å². The number of hydrogen-bond acceptors (Lipinski definition) is 6. The van der Waals surface area contributed by atoms with Gasteiger partial charge < -0.3 is 5.11 Å². The summed E-state index contributed by atoms with van der Waals surface area (Å²) < 4.78 is 1.72. The SMILES string of the molecule is O=C(O)C[C@@H](CC1CCCC1)C(=O)N(c1nc(-c2ccccc2-c2ccc(-n3cccn3)nc2)cs1)C1CC1. The minimum Gasteiger partial charge on any atom is -0.481 e. The third kappa shape index (κ3) is 5.63. The Morgan fingerprint density at radius 1 is 1.05 bits per heavy atom. The van der Waals surface area contributed by atoms with E-state index in [9.17, 15) is 14.7 Å². The van der Waals surface area contributed by atoms with Crippen molar-refractivity contribution in [2.24, 2.45) is 11.8 Å². The Balaban J connectivity index is 1.27. The number of benzene rings is 1. The summed E-state index contributed by atoms with van der Waals surface area (Å²) in [6.07, 6.45) is 12.3. The Bertz CT molecular complexity index is 1440. The molecule has 0 aliphatic heterocycles. The van der Waals surface area contributed by atoms with Gasteiger partial charge in [0.2, 0.25) is 5.91 Å². The molecule has 1 aromatic carbocycles. The highest BCUT2D eigenvalue weighted by Gasteiger charge is 2.40. The van der Waals surface area contributed by atoms with Crippen molar-refractivity contribution in [1.82, 2.24) is 19.7 Å². The lowest BCUT2D eigenvalue weighted by molar-refractivity contribution is -0.141. The second-order valence-electron chi connectivity index (χ2n) is 10.5. The summed E-state index contributed by atoms with van der Waals surface area (Å²) in [7, 11) is 0. The zero-order valence-electron chi connectivity index (χ0n) is 21.6. The minimum atomic E-state index is -0.914. The minimum absolute atomic E-state index is 0.0839. The van der Waals surface area contributed by atoms with Crippen LogP contribution in [0.15, 0.2) is 66.4 Å². The lowest BCUT2D eigenvalue weighted by atomic mass is 9.90. The van der Waals surface area contributed by atoms with Crippen LogP contribution in [-0.4, -0.2) is 42.8 Å². The van der Waals surface area contributed by atoms with E-state index in [1.54, 1.807) is 15.8 Å². The molecule has 9 heteroatoms. The fraction of sp³-hybridized carbons (Fsp3) is 0.367. The number of nitrogens with zero attached hydrogens (tertiary/aromatic N) is 5. The number of thiazole rings is 1. The van der Waals surface area contributed by atoms with Gasteiger partial charge >= 0.3 is 5.97 Å². The molecule has 6 rings (SSSR count). The number of aromatic nitrogens is 4. The predicted molar refractivity (Wildman–Crippen MR) is 151 cm³/mol. The number of carboxylic acid groups (broad SMARTS) is 1. The van der Waals surface area contributed by atoms with Gasteiger partial charge in [-0.05, 0) is 48.9 Å². The van der Waals surface area contributed by atoms with E-state index in [0.29, 0.717) is 17.5 Å². The number of amides is 1. The van der Waals surface area contributed by atoms with Crippen molar-refractivity contribution in [3.8, 4) is 28.2 Å². The number of aliphatic carboxylic acids is 1. The zero-order valence-corrected chi connectivity index (χ0v) is 22.5. The molecule has 3 aromatic heterocycles. The smallest absolute Gasteiger partial charge is 0.304 e. The van der Waals surface area contributed by atoms with E-state index in [0.717, 1.165) is 53.9 Å². The summed E-state index contributed by atoms with van der Waals surface area (Å²) in [6.45, 7) is 0. The maximum Gasteiger partial charge on any atom is 0.304 e. The quantitative estimate of drug-likeness (QED) is 0.256. The Kier molecular flexibility index (Phi) is 7.24. The number of pyridine rings is 1. The Morgan fingerprint density at radius 2 is 1.85 bits per heavy atom. The second-order valence-corrected chi connectivity index (χ2v) is 11.4. The molecule has 1 amide bonds. The van der Waals surface area contributed by atoms with Crippen LogP contribution < -0.4 is 4.90 Å². The van der Waals surface area contributed by atoms with Crippen molar-refractivity contribution in [1.29, 1.82) is 0 Å². The van der Waals surface area contributed by atoms with Crippen LogP contribution in [0, 0.1) is 11.8 Å². The molecule has 1 N–H and O–H groups in total. The maximum absolute atomic E-state index is 13.8. The molecule has 200 valence electrons. The first-order valence-electron chi connectivity index (χ1n) is 13.6. The number of carbonyl (C=O) groups is 2. The Hall–Kier alpha value is -3.85. The summed E-state index contributed by atoms with van der Waals surface area (Å²) >= 11 is 1.45. The van der Waals surface area contributed by atoms with Crippen LogP contribution in [0.4, 0.5) is 5.13 Å². The van der Waals surface area contributed by atoms with Gasteiger partial charge in [0.05, 0.1) is 12.1 Å². The van der Waals surface area contributed by atoms with Gasteiger partial charge in [0.15, 0.2) is 10.9 Å². The molecule has 0 radical (unpaired) electrons. The van der Waals surface area contributed by atoms with Crippen molar-refractivity contribution >= 4 is 28.3 Å². The summed E-state index contributed by atoms with van der Waals surface area (Å²) in [5.74, 6) is -0.330. The fourth-order valence-electron chi connectivity index (χ4n) is 5.63. The average Bonchev–Trinajstić information content (AvgIpc) is 3.36. The number of anilines is 1. The molecule has 2 fully saturated rings. The Morgan fingerprint density at radius 3 is 2.51 bits per heavy atom. The number of hydrogen-bond donors (Lipinski definition) is 1. The summed E-state index contributed by atoms with van der Waals surface area (Å²) in [5.41, 5.74) is 3.73. The largest absolute Gasteiger partial charge is 0.481 e. The van der Waals surface area contributed by atoms with Gasteiger partial charge in [0.25, 0.3) is 0 Å². The molecule has 2 aliphatic rings. The molecule has 1 atom stereocenters.